The van der Waals surface area contributed by atoms with Crippen LogP contribution in [0.1, 0.15) is 57.1 Å². The van der Waals surface area contributed by atoms with Crippen molar-refractivity contribution in [3.05, 3.63) is 11.6 Å². The molecule has 22 heavy (non-hydrogen) atoms. The van der Waals surface area contributed by atoms with Gasteiger partial charge in [0.2, 0.25) is 0 Å². The van der Waals surface area contributed by atoms with E-state index in [-0.39, 0.29) is 0 Å². The minimum atomic E-state index is 0.512. The Kier molecular flexibility index (Phi) is 5.47. The summed E-state index contributed by atoms with van der Waals surface area (Å²) in [5.74, 6) is 3.74. The summed E-state index contributed by atoms with van der Waals surface area (Å²) in [5.41, 5.74) is 0. The fourth-order valence-electron chi connectivity index (χ4n) is 4.13. The SMILES string of the molecule is CC[C@@H]1CCCC[C@H]1CN[C@H]1CCc2nc(COC)nn2C1. The molecule has 0 amide bonds. The number of fused-ring (bicyclic) bond motifs is 1. The molecule has 1 aliphatic carbocycles. The molecule has 5 heteroatoms. The van der Waals surface area contributed by atoms with E-state index in [1.165, 1.54) is 45.1 Å². The van der Waals surface area contributed by atoms with Gasteiger partial charge >= 0.3 is 0 Å². The first-order chi connectivity index (χ1) is 10.8. The van der Waals surface area contributed by atoms with Gasteiger partial charge in [0, 0.05) is 19.6 Å². The zero-order valence-corrected chi connectivity index (χ0v) is 14.1. The largest absolute Gasteiger partial charge is 0.377 e. The molecule has 0 bridgehead atoms. The number of aryl methyl sites for hydroxylation is 1. The molecule has 1 aromatic heterocycles. The smallest absolute Gasteiger partial charge is 0.176 e. The summed E-state index contributed by atoms with van der Waals surface area (Å²) in [6.07, 6.45) is 9.23. The first-order valence-corrected chi connectivity index (χ1v) is 8.95. The average Bonchev–Trinajstić information content (AvgIpc) is 2.95. The number of hydrogen-bond donors (Lipinski definition) is 1. The van der Waals surface area contributed by atoms with Crippen LogP contribution in [0.25, 0.3) is 0 Å². The molecule has 0 radical (unpaired) electrons. The van der Waals surface area contributed by atoms with Crippen LogP contribution in [0, 0.1) is 11.8 Å². The van der Waals surface area contributed by atoms with Crippen molar-refractivity contribution >= 4 is 0 Å². The highest BCUT2D eigenvalue weighted by Crippen LogP contribution is 2.31. The summed E-state index contributed by atoms with van der Waals surface area (Å²) in [6.45, 7) is 4.99. The maximum atomic E-state index is 5.13. The van der Waals surface area contributed by atoms with E-state index in [2.05, 4.69) is 27.0 Å². The number of nitrogens with zero attached hydrogens (tertiary/aromatic N) is 3. The number of rotatable bonds is 6. The van der Waals surface area contributed by atoms with Crippen molar-refractivity contribution < 1.29 is 4.74 Å². The van der Waals surface area contributed by atoms with Crippen LogP contribution < -0.4 is 5.32 Å². The first kappa shape index (κ1) is 15.9. The standard InChI is InChI=1S/C17H30N4O/c1-3-13-6-4-5-7-14(13)10-18-15-8-9-17-19-16(12-22-2)20-21(17)11-15/h13-15,18H,3-12H2,1-2H3/t13-,14+,15+/m1/s1. The lowest BCUT2D eigenvalue weighted by Crippen LogP contribution is -2.41. The maximum Gasteiger partial charge on any atom is 0.176 e. The molecule has 1 aliphatic heterocycles. The quantitative estimate of drug-likeness (QED) is 0.877. The van der Waals surface area contributed by atoms with Gasteiger partial charge in [-0.05, 0) is 31.2 Å². The lowest BCUT2D eigenvalue weighted by Gasteiger charge is -2.33. The normalized spacial score (nSPS) is 28.5. The first-order valence-electron chi connectivity index (χ1n) is 8.95. The molecule has 3 rings (SSSR count). The molecular weight excluding hydrogens is 276 g/mol. The van der Waals surface area contributed by atoms with Gasteiger partial charge in [0.15, 0.2) is 5.82 Å². The lowest BCUT2D eigenvalue weighted by atomic mass is 9.77. The molecule has 1 fully saturated rings. The minimum Gasteiger partial charge on any atom is -0.377 e. The van der Waals surface area contributed by atoms with E-state index >= 15 is 0 Å². The number of hydrogen-bond acceptors (Lipinski definition) is 4. The maximum absolute atomic E-state index is 5.13. The summed E-state index contributed by atoms with van der Waals surface area (Å²) < 4.78 is 7.21. The van der Waals surface area contributed by atoms with Crippen molar-refractivity contribution in [1.82, 2.24) is 20.1 Å². The Labute approximate surface area is 133 Å². The molecule has 0 aromatic carbocycles. The second kappa shape index (κ2) is 7.55. The highest BCUT2D eigenvalue weighted by Gasteiger charge is 2.26. The van der Waals surface area contributed by atoms with E-state index in [9.17, 15) is 0 Å². The van der Waals surface area contributed by atoms with Crippen LogP contribution in [0.5, 0.6) is 0 Å². The van der Waals surface area contributed by atoms with Gasteiger partial charge in [-0.15, -0.1) is 0 Å². The van der Waals surface area contributed by atoms with Crippen LogP contribution in [0.4, 0.5) is 0 Å². The summed E-state index contributed by atoms with van der Waals surface area (Å²) in [4.78, 5) is 4.55. The average molecular weight is 306 g/mol. The van der Waals surface area contributed by atoms with E-state index in [0.717, 1.165) is 36.5 Å². The molecule has 124 valence electrons. The van der Waals surface area contributed by atoms with E-state index in [4.69, 9.17) is 4.74 Å². The molecule has 0 spiro atoms. The van der Waals surface area contributed by atoms with Crippen LogP contribution in [0.15, 0.2) is 0 Å². The van der Waals surface area contributed by atoms with Crippen molar-refractivity contribution in [3.8, 4) is 0 Å². The summed E-state index contributed by atoms with van der Waals surface area (Å²) in [7, 11) is 1.69. The zero-order chi connectivity index (χ0) is 15.4. The molecular formula is C17H30N4O. The molecule has 2 heterocycles. The van der Waals surface area contributed by atoms with Crippen molar-refractivity contribution in [2.24, 2.45) is 11.8 Å². The van der Waals surface area contributed by atoms with Crippen LogP contribution in [-0.4, -0.2) is 34.5 Å². The Balaban J connectivity index is 1.51. The third-order valence-electron chi connectivity index (χ3n) is 5.43. The van der Waals surface area contributed by atoms with Gasteiger partial charge in [0.25, 0.3) is 0 Å². The van der Waals surface area contributed by atoms with Crippen molar-refractivity contribution in [2.45, 2.75) is 71.1 Å². The summed E-state index contributed by atoms with van der Waals surface area (Å²) >= 11 is 0. The Morgan fingerprint density at radius 3 is 2.82 bits per heavy atom. The number of nitrogens with one attached hydrogen (secondary N) is 1. The van der Waals surface area contributed by atoms with Crippen molar-refractivity contribution in [2.75, 3.05) is 13.7 Å². The van der Waals surface area contributed by atoms with Gasteiger partial charge in [-0.1, -0.05) is 32.6 Å². The number of ether oxygens (including phenoxy) is 1. The van der Waals surface area contributed by atoms with Gasteiger partial charge in [0.1, 0.15) is 12.4 Å². The Morgan fingerprint density at radius 2 is 2.05 bits per heavy atom. The highest BCUT2D eigenvalue weighted by molar-refractivity contribution is 4.97. The van der Waals surface area contributed by atoms with Gasteiger partial charge in [-0.2, -0.15) is 5.10 Å². The Hall–Kier alpha value is -0.940. The van der Waals surface area contributed by atoms with E-state index in [0.29, 0.717) is 12.6 Å². The molecule has 0 saturated heterocycles. The fraction of sp³-hybridized carbons (Fsp3) is 0.882. The molecule has 1 aromatic rings. The van der Waals surface area contributed by atoms with Gasteiger partial charge < -0.3 is 10.1 Å². The lowest BCUT2D eigenvalue weighted by molar-refractivity contribution is 0.177. The molecule has 2 aliphatic rings. The fourth-order valence-corrected chi connectivity index (χ4v) is 4.13. The van der Waals surface area contributed by atoms with Crippen LogP contribution in [0.3, 0.4) is 0 Å². The van der Waals surface area contributed by atoms with Crippen molar-refractivity contribution in [3.63, 3.8) is 0 Å². The highest BCUT2D eigenvalue weighted by atomic mass is 16.5. The van der Waals surface area contributed by atoms with E-state index in [1.54, 1.807) is 7.11 Å². The van der Waals surface area contributed by atoms with Gasteiger partial charge in [0.05, 0.1) is 6.54 Å². The summed E-state index contributed by atoms with van der Waals surface area (Å²) in [5, 5.41) is 8.38. The van der Waals surface area contributed by atoms with Gasteiger partial charge in [-0.3, -0.25) is 0 Å². The predicted octanol–water partition coefficient (Wildman–Crippen LogP) is 2.55. The van der Waals surface area contributed by atoms with Crippen LogP contribution in [-0.2, 0) is 24.3 Å². The molecule has 1 N–H and O–H groups in total. The number of aromatic nitrogens is 3. The third kappa shape index (κ3) is 3.69. The van der Waals surface area contributed by atoms with E-state index in [1.807, 2.05) is 0 Å². The van der Waals surface area contributed by atoms with E-state index < -0.39 is 0 Å². The molecule has 5 nitrogen and oxygen atoms in total. The molecule has 3 atom stereocenters. The second-order valence-electron chi connectivity index (χ2n) is 6.92. The summed E-state index contributed by atoms with van der Waals surface area (Å²) in [6, 6.07) is 0.545. The molecule has 1 saturated carbocycles. The van der Waals surface area contributed by atoms with Crippen LogP contribution in [0.2, 0.25) is 0 Å². The third-order valence-corrected chi connectivity index (χ3v) is 5.43. The second-order valence-corrected chi connectivity index (χ2v) is 6.92. The van der Waals surface area contributed by atoms with Crippen molar-refractivity contribution in [1.29, 1.82) is 0 Å². The monoisotopic (exact) mass is 306 g/mol. The molecule has 0 unspecified atom stereocenters. The predicted molar refractivity (Wildman–Crippen MR) is 86.6 cm³/mol. The zero-order valence-electron chi connectivity index (χ0n) is 14.1. The van der Waals surface area contributed by atoms with Crippen LogP contribution >= 0.6 is 0 Å². The van der Waals surface area contributed by atoms with Gasteiger partial charge in [-0.25, -0.2) is 9.67 Å². The Morgan fingerprint density at radius 1 is 1.23 bits per heavy atom. The number of methoxy groups -OCH3 is 1. The minimum absolute atomic E-state index is 0.512. The topological polar surface area (TPSA) is 52.0 Å². The Bertz CT molecular complexity index is 473.